The molecule has 2 heterocycles. The van der Waals surface area contributed by atoms with Crippen molar-refractivity contribution in [3.63, 3.8) is 0 Å². The van der Waals surface area contributed by atoms with Crippen LogP contribution in [-0.4, -0.2) is 28.9 Å². The number of halogens is 1. The summed E-state index contributed by atoms with van der Waals surface area (Å²) in [5.41, 5.74) is 6.05. The van der Waals surface area contributed by atoms with Gasteiger partial charge in [0.1, 0.15) is 11.0 Å². The Morgan fingerprint density at radius 2 is 2.07 bits per heavy atom. The second-order valence-electron chi connectivity index (χ2n) is 3.60. The molecule has 0 aromatic carbocycles. The monoisotopic (exact) mass is 225 g/mol. The van der Waals surface area contributed by atoms with Gasteiger partial charge in [-0.1, -0.05) is 11.6 Å². The number of amides is 1. The largest absolute Gasteiger partial charge is 0.384 e. The van der Waals surface area contributed by atoms with Crippen molar-refractivity contribution in [2.45, 2.75) is 12.8 Å². The van der Waals surface area contributed by atoms with Crippen LogP contribution < -0.4 is 5.73 Å². The van der Waals surface area contributed by atoms with Gasteiger partial charge < -0.3 is 10.6 Å². The predicted octanol–water partition coefficient (Wildman–Crippen LogP) is 1.55. The normalized spacial score (nSPS) is 15.7. The number of hydrogen-bond acceptors (Lipinski definition) is 3. The Labute approximate surface area is 93.0 Å². The van der Waals surface area contributed by atoms with Gasteiger partial charge in [-0.3, -0.25) is 4.79 Å². The summed E-state index contributed by atoms with van der Waals surface area (Å²) in [5.74, 6) is 0.272. The van der Waals surface area contributed by atoms with Crippen LogP contribution in [0.5, 0.6) is 0 Å². The Kier molecular flexibility index (Phi) is 2.77. The molecule has 1 saturated heterocycles. The molecule has 0 aliphatic carbocycles. The first-order valence-electron chi connectivity index (χ1n) is 4.89. The molecule has 0 saturated carbocycles. The number of aromatic nitrogens is 1. The summed E-state index contributed by atoms with van der Waals surface area (Å²) in [4.78, 5) is 17.6. The molecule has 1 aliphatic heterocycles. The summed E-state index contributed by atoms with van der Waals surface area (Å²) in [6, 6.07) is 3.12. The smallest absolute Gasteiger partial charge is 0.254 e. The van der Waals surface area contributed by atoms with Crippen LogP contribution in [0.1, 0.15) is 23.2 Å². The van der Waals surface area contributed by atoms with Crippen molar-refractivity contribution in [1.29, 1.82) is 0 Å². The van der Waals surface area contributed by atoms with E-state index in [0.717, 1.165) is 25.9 Å². The van der Waals surface area contributed by atoms with Gasteiger partial charge in [-0.05, 0) is 25.0 Å². The van der Waals surface area contributed by atoms with Crippen molar-refractivity contribution in [2.75, 3.05) is 18.8 Å². The van der Waals surface area contributed by atoms with E-state index in [1.807, 2.05) is 4.90 Å². The molecule has 0 radical (unpaired) electrons. The van der Waals surface area contributed by atoms with Gasteiger partial charge in [-0.2, -0.15) is 0 Å². The number of rotatable bonds is 1. The van der Waals surface area contributed by atoms with E-state index in [9.17, 15) is 4.79 Å². The third-order valence-electron chi connectivity index (χ3n) is 2.45. The van der Waals surface area contributed by atoms with Gasteiger partial charge in [0.05, 0.1) is 0 Å². The molecular weight excluding hydrogens is 214 g/mol. The van der Waals surface area contributed by atoms with Crippen LogP contribution in [0.2, 0.25) is 5.15 Å². The van der Waals surface area contributed by atoms with Crippen LogP contribution in [0.4, 0.5) is 5.82 Å². The Morgan fingerprint density at radius 3 is 2.67 bits per heavy atom. The van der Waals surface area contributed by atoms with Crippen molar-refractivity contribution in [1.82, 2.24) is 9.88 Å². The molecule has 1 aliphatic rings. The van der Waals surface area contributed by atoms with Crippen LogP contribution in [0, 0.1) is 0 Å². The molecule has 1 aromatic rings. The van der Waals surface area contributed by atoms with Gasteiger partial charge in [0, 0.05) is 18.7 Å². The number of pyridine rings is 1. The van der Waals surface area contributed by atoms with Crippen molar-refractivity contribution >= 4 is 23.3 Å². The molecule has 1 aromatic heterocycles. The molecule has 0 bridgehead atoms. The molecule has 0 unspecified atom stereocenters. The maximum atomic E-state index is 11.9. The van der Waals surface area contributed by atoms with Crippen LogP contribution in [0.25, 0.3) is 0 Å². The summed E-state index contributed by atoms with van der Waals surface area (Å²) >= 11 is 5.74. The minimum Gasteiger partial charge on any atom is -0.384 e. The van der Waals surface area contributed by atoms with E-state index in [4.69, 9.17) is 17.3 Å². The van der Waals surface area contributed by atoms with Crippen molar-refractivity contribution in [3.8, 4) is 0 Å². The summed E-state index contributed by atoms with van der Waals surface area (Å²) in [6.45, 7) is 1.64. The van der Waals surface area contributed by atoms with E-state index < -0.39 is 0 Å². The summed E-state index contributed by atoms with van der Waals surface area (Å²) < 4.78 is 0. The van der Waals surface area contributed by atoms with E-state index >= 15 is 0 Å². The van der Waals surface area contributed by atoms with Gasteiger partial charge >= 0.3 is 0 Å². The highest BCUT2D eigenvalue weighted by molar-refractivity contribution is 6.29. The molecule has 15 heavy (non-hydrogen) atoms. The summed E-state index contributed by atoms with van der Waals surface area (Å²) in [6.07, 6.45) is 2.14. The van der Waals surface area contributed by atoms with Gasteiger partial charge in [-0.15, -0.1) is 0 Å². The number of likely N-dealkylation sites (tertiary alicyclic amines) is 1. The minimum atomic E-state index is -0.0106. The molecule has 1 fully saturated rings. The Bertz CT molecular complexity index is 368. The lowest BCUT2D eigenvalue weighted by Gasteiger charge is -2.15. The minimum absolute atomic E-state index is 0.0106. The number of carbonyl (C=O) groups is 1. The Morgan fingerprint density at radius 1 is 1.40 bits per heavy atom. The third-order valence-corrected chi connectivity index (χ3v) is 2.65. The Balaban J connectivity index is 2.24. The number of anilines is 1. The van der Waals surface area contributed by atoms with Crippen LogP contribution in [-0.2, 0) is 0 Å². The fourth-order valence-corrected chi connectivity index (χ4v) is 1.96. The molecule has 0 spiro atoms. The SMILES string of the molecule is Nc1cc(C(=O)N2CCCC2)cc(Cl)n1. The standard InChI is InChI=1S/C10H12ClN3O/c11-8-5-7(6-9(12)13-8)10(15)14-3-1-2-4-14/h5-6H,1-4H2,(H2,12,13). The molecule has 5 heteroatoms. The lowest BCUT2D eigenvalue weighted by Crippen LogP contribution is -2.27. The van der Waals surface area contributed by atoms with Gasteiger partial charge in [0.25, 0.3) is 5.91 Å². The molecule has 80 valence electrons. The number of nitrogen functional groups attached to an aromatic ring is 1. The quantitative estimate of drug-likeness (QED) is 0.738. The summed E-state index contributed by atoms with van der Waals surface area (Å²) in [5, 5.41) is 0.262. The zero-order valence-electron chi connectivity index (χ0n) is 8.24. The van der Waals surface area contributed by atoms with Crippen LogP contribution in [0.3, 0.4) is 0 Å². The fourth-order valence-electron chi connectivity index (χ4n) is 1.74. The first-order valence-corrected chi connectivity index (χ1v) is 5.27. The number of carbonyl (C=O) groups excluding carboxylic acids is 1. The van der Waals surface area contributed by atoms with Gasteiger partial charge in [0.15, 0.2) is 0 Å². The average Bonchev–Trinajstić information content (AvgIpc) is 2.67. The van der Waals surface area contributed by atoms with Crippen LogP contribution >= 0.6 is 11.6 Å². The number of hydrogen-bond donors (Lipinski definition) is 1. The maximum Gasteiger partial charge on any atom is 0.254 e. The molecule has 1 amide bonds. The molecule has 2 N–H and O–H groups in total. The number of nitrogens with zero attached hydrogens (tertiary/aromatic N) is 2. The topological polar surface area (TPSA) is 59.2 Å². The van der Waals surface area contributed by atoms with E-state index in [1.54, 1.807) is 12.1 Å². The van der Waals surface area contributed by atoms with Crippen molar-refractivity contribution in [3.05, 3.63) is 22.8 Å². The first-order chi connectivity index (χ1) is 7.16. The molecule has 4 nitrogen and oxygen atoms in total. The van der Waals surface area contributed by atoms with E-state index in [2.05, 4.69) is 4.98 Å². The zero-order chi connectivity index (χ0) is 10.8. The highest BCUT2D eigenvalue weighted by Crippen LogP contribution is 2.17. The van der Waals surface area contributed by atoms with Crippen LogP contribution in [0.15, 0.2) is 12.1 Å². The second-order valence-corrected chi connectivity index (χ2v) is 3.99. The summed E-state index contributed by atoms with van der Waals surface area (Å²) in [7, 11) is 0. The lowest BCUT2D eigenvalue weighted by atomic mass is 10.2. The van der Waals surface area contributed by atoms with E-state index in [-0.39, 0.29) is 16.9 Å². The zero-order valence-corrected chi connectivity index (χ0v) is 9.00. The van der Waals surface area contributed by atoms with Crippen molar-refractivity contribution < 1.29 is 4.79 Å². The highest BCUT2D eigenvalue weighted by Gasteiger charge is 2.20. The highest BCUT2D eigenvalue weighted by atomic mass is 35.5. The third kappa shape index (κ3) is 2.21. The second kappa shape index (κ2) is 4.06. The molecule has 0 atom stereocenters. The molecular formula is C10H12ClN3O. The van der Waals surface area contributed by atoms with Gasteiger partial charge in [0.2, 0.25) is 0 Å². The first kappa shape index (κ1) is 10.2. The maximum absolute atomic E-state index is 11.9. The fraction of sp³-hybridized carbons (Fsp3) is 0.400. The lowest BCUT2D eigenvalue weighted by molar-refractivity contribution is 0.0793. The molecule has 2 rings (SSSR count). The average molecular weight is 226 g/mol. The van der Waals surface area contributed by atoms with E-state index in [0.29, 0.717) is 5.56 Å². The van der Waals surface area contributed by atoms with Crippen molar-refractivity contribution in [2.24, 2.45) is 0 Å². The van der Waals surface area contributed by atoms with Gasteiger partial charge in [-0.25, -0.2) is 4.98 Å². The predicted molar refractivity (Wildman–Crippen MR) is 58.8 cm³/mol. The van der Waals surface area contributed by atoms with E-state index in [1.165, 1.54) is 0 Å². The Hall–Kier alpha value is -1.29. The number of nitrogens with two attached hydrogens (primary N) is 1.